The zero-order valence-corrected chi connectivity index (χ0v) is 12.4. The van der Waals surface area contributed by atoms with E-state index in [0.717, 1.165) is 12.3 Å². The molecule has 1 aromatic rings. The van der Waals surface area contributed by atoms with Gasteiger partial charge >= 0.3 is 0 Å². The van der Waals surface area contributed by atoms with Crippen LogP contribution in [0.15, 0.2) is 24.3 Å². The van der Waals surface area contributed by atoms with Crippen LogP contribution in [0.5, 0.6) is 0 Å². The number of nitrogens with zero attached hydrogens (tertiary/aromatic N) is 1. The molecular formula is C14H24N2OS. The minimum Gasteiger partial charge on any atom is -0.380 e. The van der Waals surface area contributed by atoms with Crippen molar-refractivity contribution in [2.24, 2.45) is 5.73 Å². The van der Waals surface area contributed by atoms with Gasteiger partial charge in [-0.15, -0.1) is 0 Å². The lowest BCUT2D eigenvalue weighted by Gasteiger charge is -2.27. The van der Waals surface area contributed by atoms with Crippen molar-refractivity contribution >= 4 is 11.8 Å². The van der Waals surface area contributed by atoms with Crippen LogP contribution in [-0.2, 0) is 11.3 Å². The lowest BCUT2D eigenvalue weighted by molar-refractivity contribution is 0.185. The zero-order chi connectivity index (χ0) is 13.4. The molecule has 0 bridgehead atoms. The minimum atomic E-state index is 0.300. The van der Waals surface area contributed by atoms with Gasteiger partial charge in [0.1, 0.15) is 0 Å². The second-order valence-corrected chi connectivity index (χ2v) is 5.39. The van der Waals surface area contributed by atoms with E-state index < -0.39 is 0 Å². The van der Waals surface area contributed by atoms with Crippen LogP contribution in [-0.4, -0.2) is 44.2 Å². The summed E-state index contributed by atoms with van der Waals surface area (Å²) in [5.41, 5.74) is 8.38. The van der Waals surface area contributed by atoms with Crippen molar-refractivity contribution in [3.05, 3.63) is 35.4 Å². The molecule has 0 aliphatic heterocycles. The molecule has 0 radical (unpaired) electrons. The van der Waals surface area contributed by atoms with Crippen molar-refractivity contribution in [2.45, 2.75) is 12.6 Å². The molecule has 2 N–H and O–H groups in total. The van der Waals surface area contributed by atoms with Gasteiger partial charge in [-0.2, -0.15) is 11.8 Å². The highest BCUT2D eigenvalue weighted by molar-refractivity contribution is 7.98. The number of likely N-dealkylation sites (N-methyl/N-ethyl adjacent to an activating group) is 1. The second kappa shape index (κ2) is 8.53. The summed E-state index contributed by atoms with van der Waals surface area (Å²) in [5, 5.41) is 0. The van der Waals surface area contributed by atoms with Crippen molar-refractivity contribution in [3.63, 3.8) is 0 Å². The van der Waals surface area contributed by atoms with E-state index in [9.17, 15) is 0 Å². The van der Waals surface area contributed by atoms with E-state index >= 15 is 0 Å². The molecule has 0 aromatic heterocycles. The standard InChI is InChI=1S/C14H24N2OS/c1-16(8-9-18-3)14(10-15)13-6-4-12(5-7-13)11-17-2/h4-7,14H,8-11,15H2,1-3H3. The van der Waals surface area contributed by atoms with Crippen LogP contribution in [0.3, 0.4) is 0 Å². The highest BCUT2D eigenvalue weighted by Crippen LogP contribution is 2.19. The molecule has 1 rings (SSSR count). The molecule has 0 saturated carbocycles. The van der Waals surface area contributed by atoms with Crippen LogP contribution in [0.4, 0.5) is 0 Å². The Labute approximate surface area is 115 Å². The highest BCUT2D eigenvalue weighted by Gasteiger charge is 2.14. The van der Waals surface area contributed by atoms with Gasteiger partial charge in [0.2, 0.25) is 0 Å². The van der Waals surface area contributed by atoms with Gasteiger partial charge in [-0.3, -0.25) is 4.90 Å². The third kappa shape index (κ3) is 4.61. The average Bonchev–Trinajstić information content (AvgIpc) is 2.39. The number of hydrogen-bond donors (Lipinski definition) is 1. The Morgan fingerprint density at radius 2 is 2.00 bits per heavy atom. The number of benzene rings is 1. The van der Waals surface area contributed by atoms with Gasteiger partial charge in [-0.25, -0.2) is 0 Å². The van der Waals surface area contributed by atoms with Gasteiger partial charge in [0.15, 0.2) is 0 Å². The molecule has 0 heterocycles. The SMILES string of the molecule is COCc1ccc(C(CN)N(C)CCSC)cc1. The predicted molar refractivity (Wildman–Crippen MR) is 80.0 cm³/mol. The molecule has 18 heavy (non-hydrogen) atoms. The number of nitrogens with two attached hydrogens (primary N) is 1. The molecule has 0 amide bonds. The smallest absolute Gasteiger partial charge is 0.0713 e. The molecule has 0 aliphatic carbocycles. The van der Waals surface area contributed by atoms with E-state index in [1.54, 1.807) is 7.11 Å². The van der Waals surface area contributed by atoms with E-state index in [2.05, 4.69) is 42.5 Å². The molecule has 3 nitrogen and oxygen atoms in total. The van der Waals surface area contributed by atoms with E-state index in [1.165, 1.54) is 11.1 Å². The Bertz CT molecular complexity index is 329. The summed E-state index contributed by atoms with van der Waals surface area (Å²) in [7, 11) is 3.85. The van der Waals surface area contributed by atoms with Crippen LogP contribution in [0.1, 0.15) is 17.2 Å². The van der Waals surface area contributed by atoms with Gasteiger partial charge in [-0.1, -0.05) is 24.3 Å². The van der Waals surface area contributed by atoms with E-state index in [-0.39, 0.29) is 0 Å². The Morgan fingerprint density at radius 3 is 2.50 bits per heavy atom. The first-order valence-corrected chi connectivity index (χ1v) is 7.59. The van der Waals surface area contributed by atoms with Crippen LogP contribution in [0.25, 0.3) is 0 Å². The Morgan fingerprint density at radius 1 is 1.33 bits per heavy atom. The van der Waals surface area contributed by atoms with Crippen molar-refractivity contribution in [1.29, 1.82) is 0 Å². The quantitative estimate of drug-likeness (QED) is 0.784. The number of methoxy groups -OCH3 is 1. The first-order chi connectivity index (χ1) is 8.72. The fourth-order valence-electron chi connectivity index (χ4n) is 1.96. The Hall–Kier alpha value is -0.550. The largest absolute Gasteiger partial charge is 0.380 e. The number of hydrogen-bond acceptors (Lipinski definition) is 4. The molecule has 0 spiro atoms. The third-order valence-electron chi connectivity index (χ3n) is 3.08. The molecule has 1 aromatic carbocycles. The number of thioether (sulfide) groups is 1. The first kappa shape index (κ1) is 15.5. The summed E-state index contributed by atoms with van der Waals surface area (Å²) < 4.78 is 5.12. The zero-order valence-electron chi connectivity index (χ0n) is 11.6. The van der Waals surface area contributed by atoms with Crippen molar-refractivity contribution in [3.8, 4) is 0 Å². The highest BCUT2D eigenvalue weighted by atomic mass is 32.2. The summed E-state index contributed by atoms with van der Waals surface area (Å²) in [6, 6.07) is 8.84. The maximum Gasteiger partial charge on any atom is 0.0713 e. The molecule has 102 valence electrons. The molecule has 4 heteroatoms. The number of ether oxygens (including phenoxy) is 1. The minimum absolute atomic E-state index is 0.300. The molecule has 0 saturated heterocycles. The normalized spacial score (nSPS) is 12.9. The van der Waals surface area contributed by atoms with Crippen LogP contribution in [0, 0.1) is 0 Å². The van der Waals surface area contributed by atoms with Crippen molar-refractivity contribution in [1.82, 2.24) is 4.90 Å². The molecule has 0 aliphatic rings. The van der Waals surface area contributed by atoms with Gasteiger partial charge < -0.3 is 10.5 Å². The summed E-state index contributed by atoms with van der Waals surface area (Å²) >= 11 is 1.86. The van der Waals surface area contributed by atoms with Gasteiger partial charge in [0.25, 0.3) is 0 Å². The summed E-state index contributed by atoms with van der Waals surface area (Å²) in [6.45, 7) is 2.37. The van der Waals surface area contributed by atoms with Crippen molar-refractivity contribution in [2.75, 3.05) is 39.3 Å². The topological polar surface area (TPSA) is 38.5 Å². The van der Waals surface area contributed by atoms with Crippen LogP contribution >= 0.6 is 11.8 Å². The fraction of sp³-hybridized carbons (Fsp3) is 0.571. The number of rotatable bonds is 8. The van der Waals surface area contributed by atoms with Gasteiger partial charge in [-0.05, 0) is 24.4 Å². The first-order valence-electron chi connectivity index (χ1n) is 6.20. The molecule has 0 fully saturated rings. The fourth-order valence-corrected chi connectivity index (χ4v) is 2.43. The van der Waals surface area contributed by atoms with Crippen LogP contribution in [0.2, 0.25) is 0 Å². The molecular weight excluding hydrogens is 244 g/mol. The monoisotopic (exact) mass is 268 g/mol. The lowest BCUT2D eigenvalue weighted by Crippen LogP contribution is -2.32. The van der Waals surface area contributed by atoms with Crippen molar-refractivity contribution < 1.29 is 4.74 Å². The van der Waals surface area contributed by atoms with E-state index in [1.807, 2.05) is 11.8 Å². The predicted octanol–water partition coefficient (Wildman–Crippen LogP) is 2.13. The Kier molecular flexibility index (Phi) is 7.35. The summed E-state index contributed by atoms with van der Waals surface area (Å²) in [6.07, 6.45) is 2.13. The third-order valence-corrected chi connectivity index (χ3v) is 3.67. The second-order valence-electron chi connectivity index (χ2n) is 4.40. The van der Waals surface area contributed by atoms with Gasteiger partial charge in [0, 0.05) is 32.0 Å². The van der Waals surface area contributed by atoms with Gasteiger partial charge in [0.05, 0.1) is 6.61 Å². The maximum absolute atomic E-state index is 5.90. The molecule has 1 unspecified atom stereocenters. The van der Waals surface area contributed by atoms with Crippen LogP contribution < -0.4 is 5.73 Å². The van der Waals surface area contributed by atoms with E-state index in [0.29, 0.717) is 19.2 Å². The maximum atomic E-state index is 5.90. The molecule has 1 atom stereocenters. The lowest BCUT2D eigenvalue weighted by atomic mass is 10.0. The average molecular weight is 268 g/mol. The van der Waals surface area contributed by atoms with E-state index in [4.69, 9.17) is 10.5 Å². The summed E-state index contributed by atoms with van der Waals surface area (Å²) in [5.74, 6) is 1.13. The summed E-state index contributed by atoms with van der Waals surface area (Å²) in [4.78, 5) is 2.32. The Balaban J connectivity index is 2.69.